The van der Waals surface area contributed by atoms with Gasteiger partial charge in [-0.3, -0.25) is 4.79 Å². The third kappa shape index (κ3) is 3.97. The molecule has 0 fully saturated rings. The molecule has 102 valence electrons. The maximum absolute atomic E-state index is 11.8. The first-order valence-electron chi connectivity index (χ1n) is 5.46. The highest BCUT2D eigenvalue weighted by atomic mass is 35.5. The zero-order valence-electron chi connectivity index (χ0n) is 10.6. The van der Waals surface area contributed by atoms with E-state index in [9.17, 15) is 9.59 Å². The van der Waals surface area contributed by atoms with Crippen molar-refractivity contribution in [1.82, 2.24) is 0 Å². The van der Waals surface area contributed by atoms with Gasteiger partial charge in [0.2, 0.25) is 0 Å². The van der Waals surface area contributed by atoms with Crippen molar-refractivity contribution >= 4 is 29.2 Å². The fourth-order valence-corrected chi connectivity index (χ4v) is 1.58. The molecule has 0 unspecified atom stereocenters. The third-order valence-electron chi connectivity index (χ3n) is 2.36. The zero-order chi connectivity index (χ0) is 15.3. The summed E-state index contributed by atoms with van der Waals surface area (Å²) in [5.74, 6) is -1.74. The standard InChI is InChI=1S/C14H11ClN2O3/c1-8(5-9(2)15)13(18)17-12-4-3-10(7-16)6-11(12)14(19)20/h3-6H,2H2,1H3,(H,17,18)(H,19,20)/b8-5+. The number of hydrogen-bond donors (Lipinski definition) is 2. The van der Waals surface area contributed by atoms with E-state index in [-0.39, 0.29) is 27.4 Å². The summed E-state index contributed by atoms with van der Waals surface area (Å²) in [7, 11) is 0. The van der Waals surface area contributed by atoms with E-state index >= 15 is 0 Å². The number of aromatic carboxylic acids is 1. The van der Waals surface area contributed by atoms with Crippen molar-refractivity contribution in [1.29, 1.82) is 5.26 Å². The van der Waals surface area contributed by atoms with E-state index in [1.807, 2.05) is 6.07 Å². The number of carboxylic acids is 1. The number of hydrogen-bond acceptors (Lipinski definition) is 3. The molecule has 0 heterocycles. The summed E-state index contributed by atoms with van der Waals surface area (Å²) in [5, 5.41) is 20.5. The molecule has 0 saturated carbocycles. The highest BCUT2D eigenvalue weighted by Gasteiger charge is 2.14. The minimum Gasteiger partial charge on any atom is -0.478 e. The Morgan fingerprint density at radius 3 is 2.65 bits per heavy atom. The molecule has 0 bridgehead atoms. The van der Waals surface area contributed by atoms with E-state index in [2.05, 4.69) is 11.9 Å². The monoisotopic (exact) mass is 290 g/mol. The fourth-order valence-electron chi connectivity index (χ4n) is 1.42. The summed E-state index contributed by atoms with van der Waals surface area (Å²) in [6.45, 7) is 4.95. The first kappa shape index (κ1) is 15.5. The molecule has 0 aliphatic heterocycles. The van der Waals surface area contributed by atoms with Crippen LogP contribution in [0, 0.1) is 11.3 Å². The highest BCUT2D eigenvalue weighted by molar-refractivity contribution is 6.31. The molecular weight excluding hydrogens is 280 g/mol. The van der Waals surface area contributed by atoms with Gasteiger partial charge in [-0.1, -0.05) is 18.2 Å². The Bertz CT molecular complexity index is 657. The Balaban J connectivity index is 3.10. The van der Waals surface area contributed by atoms with Gasteiger partial charge in [-0.25, -0.2) is 4.79 Å². The van der Waals surface area contributed by atoms with Gasteiger partial charge >= 0.3 is 5.97 Å². The van der Waals surface area contributed by atoms with Gasteiger partial charge in [0.1, 0.15) is 0 Å². The highest BCUT2D eigenvalue weighted by Crippen LogP contribution is 2.18. The number of nitriles is 1. The number of anilines is 1. The zero-order valence-corrected chi connectivity index (χ0v) is 11.4. The average Bonchev–Trinajstić information content (AvgIpc) is 2.37. The molecule has 0 saturated heterocycles. The van der Waals surface area contributed by atoms with Gasteiger partial charge in [-0.05, 0) is 31.2 Å². The number of halogens is 1. The largest absolute Gasteiger partial charge is 0.478 e. The van der Waals surface area contributed by atoms with Crippen molar-refractivity contribution in [3.8, 4) is 6.07 Å². The van der Waals surface area contributed by atoms with Gasteiger partial charge in [0.15, 0.2) is 0 Å². The smallest absolute Gasteiger partial charge is 0.337 e. The SMILES string of the molecule is C=C(Cl)/C=C(\C)C(=O)Nc1ccc(C#N)cc1C(=O)O. The second-order valence-corrected chi connectivity index (χ2v) is 4.39. The molecule has 1 amide bonds. The number of carboxylic acid groups (broad SMARTS) is 1. The lowest BCUT2D eigenvalue weighted by Gasteiger charge is -2.09. The van der Waals surface area contributed by atoms with Crippen molar-refractivity contribution in [3.05, 3.63) is 52.6 Å². The predicted octanol–water partition coefficient (Wildman–Crippen LogP) is 2.89. The van der Waals surface area contributed by atoms with Gasteiger partial charge in [0.05, 0.1) is 22.9 Å². The van der Waals surface area contributed by atoms with E-state index in [0.29, 0.717) is 0 Å². The summed E-state index contributed by atoms with van der Waals surface area (Å²) in [4.78, 5) is 22.9. The molecule has 6 heteroatoms. The lowest BCUT2D eigenvalue weighted by atomic mass is 10.1. The van der Waals surface area contributed by atoms with Crippen LogP contribution >= 0.6 is 11.6 Å². The summed E-state index contributed by atoms with van der Waals surface area (Å²) < 4.78 is 0. The molecule has 0 radical (unpaired) electrons. The van der Waals surface area contributed by atoms with Gasteiger partial charge in [0, 0.05) is 10.6 Å². The lowest BCUT2D eigenvalue weighted by Crippen LogP contribution is -2.15. The van der Waals surface area contributed by atoms with Crippen LogP contribution in [-0.2, 0) is 4.79 Å². The lowest BCUT2D eigenvalue weighted by molar-refractivity contribution is -0.112. The van der Waals surface area contributed by atoms with Crippen LogP contribution < -0.4 is 5.32 Å². The molecule has 1 rings (SSSR count). The fraction of sp³-hybridized carbons (Fsp3) is 0.0714. The van der Waals surface area contributed by atoms with Gasteiger partial charge in [0.25, 0.3) is 5.91 Å². The number of carbonyl (C=O) groups excluding carboxylic acids is 1. The Hall–Kier alpha value is -2.58. The van der Waals surface area contributed by atoms with E-state index in [0.717, 1.165) is 0 Å². The number of benzene rings is 1. The quantitative estimate of drug-likeness (QED) is 0.659. The summed E-state index contributed by atoms with van der Waals surface area (Å²) in [6.07, 6.45) is 1.36. The number of rotatable bonds is 4. The molecule has 2 N–H and O–H groups in total. The van der Waals surface area contributed by atoms with Crippen LogP contribution in [0.4, 0.5) is 5.69 Å². The van der Waals surface area contributed by atoms with E-state index in [1.54, 1.807) is 0 Å². The van der Waals surface area contributed by atoms with Crippen LogP contribution in [-0.4, -0.2) is 17.0 Å². The molecule has 1 aromatic carbocycles. The predicted molar refractivity (Wildman–Crippen MR) is 75.5 cm³/mol. The number of carbonyl (C=O) groups is 2. The third-order valence-corrected chi connectivity index (χ3v) is 2.47. The van der Waals surface area contributed by atoms with Crippen LogP contribution in [0.2, 0.25) is 0 Å². The van der Waals surface area contributed by atoms with Crippen molar-refractivity contribution in [2.75, 3.05) is 5.32 Å². The molecule has 1 aromatic rings. The minimum absolute atomic E-state index is 0.106. The van der Waals surface area contributed by atoms with E-state index in [1.165, 1.54) is 31.2 Å². The van der Waals surface area contributed by atoms with E-state index in [4.69, 9.17) is 22.0 Å². The Labute approximate surface area is 120 Å². The molecule has 0 aliphatic rings. The van der Waals surface area contributed by atoms with Crippen molar-refractivity contribution < 1.29 is 14.7 Å². The number of amides is 1. The molecule has 0 aliphatic carbocycles. The maximum Gasteiger partial charge on any atom is 0.337 e. The number of nitrogens with one attached hydrogen (secondary N) is 1. The molecule has 5 nitrogen and oxygen atoms in total. The van der Waals surface area contributed by atoms with Crippen molar-refractivity contribution in [3.63, 3.8) is 0 Å². The summed E-state index contributed by atoms with van der Waals surface area (Å²) in [5.41, 5.74) is 0.428. The van der Waals surface area contributed by atoms with Crippen molar-refractivity contribution in [2.45, 2.75) is 6.92 Å². The van der Waals surface area contributed by atoms with Crippen molar-refractivity contribution in [2.24, 2.45) is 0 Å². The molecule has 0 spiro atoms. The molecule has 20 heavy (non-hydrogen) atoms. The number of nitrogens with zero attached hydrogens (tertiary/aromatic N) is 1. The van der Waals surface area contributed by atoms with Crippen LogP contribution in [0.1, 0.15) is 22.8 Å². The van der Waals surface area contributed by atoms with Gasteiger partial charge in [-0.15, -0.1) is 0 Å². The van der Waals surface area contributed by atoms with Crippen LogP contribution in [0.5, 0.6) is 0 Å². The second-order valence-electron chi connectivity index (χ2n) is 3.91. The Morgan fingerprint density at radius 2 is 2.15 bits per heavy atom. The average molecular weight is 291 g/mol. The first-order chi connectivity index (χ1) is 9.35. The number of allylic oxidation sites excluding steroid dienone is 2. The van der Waals surface area contributed by atoms with Crippen LogP contribution in [0.25, 0.3) is 0 Å². The van der Waals surface area contributed by atoms with Crippen LogP contribution in [0.3, 0.4) is 0 Å². The summed E-state index contributed by atoms with van der Waals surface area (Å²) >= 11 is 5.56. The van der Waals surface area contributed by atoms with E-state index < -0.39 is 11.9 Å². The first-order valence-corrected chi connectivity index (χ1v) is 5.84. The normalized spacial score (nSPS) is 10.6. The molecule has 0 atom stereocenters. The Kier molecular flexibility index (Phi) is 5.07. The molecule has 0 aromatic heterocycles. The van der Waals surface area contributed by atoms with Gasteiger partial charge < -0.3 is 10.4 Å². The Morgan fingerprint density at radius 1 is 1.50 bits per heavy atom. The second kappa shape index (κ2) is 6.55. The minimum atomic E-state index is -1.24. The van der Waals surface area contributed by atoms with Crippen LogP contribution in [0.15, 0.2) is 41.5 Å². The topological polar surface area (TPSA) is 90.2 Å². The van der Waals surface area contributed by atoms with Gasteiger partial charge in [-0.2, -0.15) is 5.26 Å². The summed E-state index contributed by atoms with van der Waals surface area (Å²) in [6, 6.07) is 5.81. The molecular formula is C14H11ClN2O3. The maximum atomic E-state index is 11.8.